The maximum Gasteiger partial charge on any atom is 0.325 e. The van der Waals surface area contributed by atoms with Gasteiger partial charge in [0.1, 0.15) is 6.54 Å². The van der Waals surface area contributed by atoms with Crippen molar-refractivity contribution >= 4 is 40.3 Å². The normalized spacial score (nSPS) is 10.4. The molecule has 88 valence electrons. The largest absolute Gasteiger partial charge is 0.480 e. The Kier molecular flexibility index (Phi) is 3.83. The van der Waals surface area contributed by atoms with E-state index in [1.165, 1.54) is 4.68 Å². The minimum Gasteiger partial charge on any atom is -0.480 e. The molecule has 0 fully saturated rings. The van der Waals surface area contributed by atoms with Crippen molar-refractivity contribution in [3.8, 4) is 0 Å². The van der Waals surface area contributed by atoms with Crippen molar-refractivity contribution in [2.24, 2.45) is 0 Å². The molecule has 0 aromatic carbocycles. The van der Waals surface area contributed by atoms with Crippen LogP contribution in [0.4, 0.5) is 0 Å². The number of aliphatic carboxylic acids is 1. The van der Waals surface area contributed by atoms with E-state index in [4.69, 9.17) is 5.11 Å². The summed E-state index contributed by atoms with van der Waals surface area (Å²) in [6.07, 6.45) is 3.31. The van der Waals surface area contributed by atoms with Gasteiger partial charge in [0.25, 0.3) is 0 Å². The molecule has 2 aromatic rings. The van der Waals surface area contributed by atoms with Gasteiger partial charge >= 0.3 is 5.97 Å². The minimum absolute atomic E-state index is 0.292. The Bertz CT molecular complexity index is 529. The number of carbonyl (C=O) groups is 1. The van der Waals surface area contributed by atoms with Crippen molar-refractivity contribution in [3.05, 3.63) is 16.0 Å². The molecule has 0 bridgehead atoms. The number of hydrogen-bond donors (Lipinski definition) is 1. The number of aromatic nitrogens is 6. The molecule has 0 saturated heterocycles. The fourth-order valence-corrected chi connectivity index (χ4v) is 1.87. The van der Waals surface area contributed by atoms with Gasteiger partial charge in [-0.15, -0.1) is 5.10 Å². The second-order valence-electron chi connectivity index (χ2n) is 2.80. The van der Waals surface area contributed by atoms with Crippen molar-refractivity contribution in [1.29, 1.82) is 0 Å². The molecule has 8 nitrogen and oxygen atoms in total. The summed E-state index contributed by atoms with van der Waals surface area (Å²) in [5.41, 5.74) is 0. The lowest BCUT2D eigenvalue weighted by Gasteiger charge is -1.99. The molecule has 0 spiro atoms. The minimum atomic E-state index is -1.01. The van der Waals surface area contributed by atoms with Gasteiger partial charge in [-0.25, -0.2) is 14.6 Å². The van der Waals surface area contributed by atoms with Crippen molar-refractivity contribution in [3.63, 3.8) is 0 Å². The highest BCUT2D eigenvalue weighted by Crippen LogP contribution is 2.21. The average Bonchev–Trinajstić information content (AvgIpc) is 2.68. The summed E-state index contributed by atoms with van der Waals surface area (Å²) in [7, 11) is 0. The molecule has 2 heterocycles. The Morgan fingerprint density at radius 3 is 2.82 bits per heavy atom. The monoisotopic (exact) mass is 364 g/mol. The number of rotatable bonds is 4. The quantitative estimate of drug-likeness (QED) is 0.610. The first-order chi connectivity index (χ1) is 8.15. The summed E-state index contributed by atoms with van der Waals surface area (Å²) in [6, 6.07) is 0. The zero-order valence-corrected chi connectivity index (χ0v) is 11.2. The number of halogens is 1. The Morgan fingerprint density at radius 2 is 2.18 bits per heavy atom. The molecule has 0 aliphatic heterocycles. The molecule has 2 rings (SSSR count). The van der Waals surface area contributed by atoms with Crippen molar-refractivity contribution in [1.82, 2.24) is 30.2 Å². The SMILES string of the molecule is O=C(O)Cn1nnnc1Sc1ncc(I)cn1. The summed E-state index contributed by atoms with van der Waals surface area (Å²) in [4.78, 5) is 18.7. The molecule has 10 heteroatoms. The summed E-state index contributed by atoms with van der Waals surface area (Å²) >= 11 is 3.20. The van der Waals surface area contributed by atoms with Crippen LogP contribution < -0.4 is 0 Å². The molecule has 2 aromatic heterocycles. The van der Waals surface area contributed by atoms with Crippen LogP contribution in [0.25, 0.3) is 0 Å². The topological polar surface area (TPSA) is 107 Å². The molecule has 0 unspecified atom stereocenters. The van der Waals surface area contributed by atoms with Gasteiger partial charge in [0.15, 0.2) is 5.16 Å². The Hall–Kier alpha value is -1.30. The van der Waals surface area contributed by atoms with E-state index < -0.39 is 5.97 Å². The second-order valence-corrected chi connectivity index (χ2v) is 4.98. The zero-order chi connectivity index (χ0) is 12.3. The maximum atomic E-state index is 10.6. The van der Waals surface area contributed by atoms with E-state index in [9.17, 15) is 4.79 Å². The van der Waals surface area contributed by atoms with Crippen molar-refractivity contribution in [2.75, 3.05) is 0 Å². The Labute approximate surface area is 113 Å². The van der Waals surface area contributed by atoms with Crippen molar-refractivity contribution in [2.45, 2.75) is 16.9 Å². The third-order valence-corrected chi connectivity index (χ3v) is 2.99. The smallest absolute Gasteiger partial charge is 0.325 e. The van der Waals surface area contributed by atoms with Gasteiger partial charge in [-0.3, -0.25) is 4.79 Å². The highest BCUT2D eigenvalue weighted by atomic mass is 127. The zero-order valence-electron chi connectivity index (χ0n) is 8.19. The van der Waals surface area contributed by atoms with Gasteiger partial charge in [-0.2, -0.15) is 0 Å². The first-order valence-corrected chi connectivity index (χ1v) is 6.18. The summed E-state index contributed by atoms with van der Waals surface area (Å²) < 4.78 is 2.09. The summed E-state index contributed by atoms with van der Waals surface area (Å²) in [5, 5.41) is 20.1. The van der Waals surface area contributed by atoms with Crippen LogP contribution in [-0.4, -0.2) is 41.3 Å². The number of carboxylic acid groups (broad SMARTS) is 1. The lowest BCUT2D eigenvalue weighted by Crippen LogP contribution is -2.11. The number of nitrogens with zero attached hydrogens (tertiary/aromatic N) is 6. The molecule has 0 aliphatic carbocycles. The van der Waals surface area contributed by atoms with Gasteiger partial charge in [-0.05, 0) is 44.8 Å². The first-order valence-electron chi connectivity index (χ1n) is 4.28. The van der Waals surface area contributed by atoms with E-state index in [0.717, 1.165) is 15.3 Å². The van der Waals surface area contributed by atoms with Gasteiger partial charge in [0.05, 0.1) is 0 Å². The van der Waals surface area contributed by atoms with E-state index in [0.29, 0.717) is 10.3 Å². The summed E-state index contributed by atoms with van der Waals surface area (Å²) in [5.74, 6) is -1.01. The van der Waals surface area contributed by atoms with Crippen LogP contribution in [0.5, 0.6) is 0 Å². The third-order valence-electron chi connectivity index (χ3n) is 1.56. The summed E-state index contributed by atoms with van der Waals surface area (Å²) in [6.45, 7) is -0.292. The first kappa shape index (κ1) is 12.2. The highest BCUT2D eigenvalue weighted by Gasteiger charge is 2.12. The average molecular weight is 364 g/mol. The second kappa shape index (κ2) is 5.35. The number of tetrazole rings is 1. The van der Waals surface area contributed by atoms with E-state index in [-0.39, 0.29) is 6.54 Å². The van der Waals surface area contributed by atoms with Crippen LogP contribution in [0.1, 0.15) is 0 Å². The molecule has 0 aliphatic rings. The van der Waals surface area contributed by atoms with Gasteiger partial charge < -0.3 is 5.11 Å². The van der Waals surface area contributed by atoms with E-state index in [1.807, 2.05) is 0 Å². The molecule has 0 radical (unpaired) electrons. The fourth-order valence-electron chi connectivity index (χ4n) is 0.932. The number of carboxylic acids is 1. The third kappa shape index (κ3) is 3.33. The molecule has 0 saturated carbocycles. The molecule has 0 amide bonds. The standard InChI is InChI=1S/C7H5IN6O2S/c8-4-1-9-6(10-2-4)17-7-11-12-13-14(7)3-5(15)16/h1-2H,3H2,(H,15,16). The molecule has 1 N–H and O–H groups in total. The van der Waals surface area contributed by atoms with E-state index in [1.54, 1.807) is 12.4 Å². The van der Waals surface area contributed by atoms with Gasteiger partial charge in [0.2, 0.25) is 5.16 Å². The molecular formula is C7H5IN6O2S. The van der Waals surface area contributed by atoms with Crippen LogP contribution in [0, 0.1) is 3.57 Å². The maximum absolute atomic E-state index is 10.6. The Morgan fingerprint density at radius 1 is 1.47 bits per heavy atom. The van der Waals surface area contributed by atoms with Gasteiger partial charge in [0, 0.05) is 16.0 Å². The van der Waals surface area contributed by atoms with Crippen LogP contribution in [0.3, 0.4) is 0 Å². The lowest BCUT2D eigenvalue weighted by atomic mass is 10.7. The lowest BCUT2D eigenvalue weighted by molar-refractivity contribution is -0.138. The van der Waals surface area contributed by atoms with Crippen molar-refractivity contribution < 1.29 is 9.90 Å². The van der Waals surface area contributed by atoms with Gasteiger partial charge in [-0.1, -0.05) is 0 Å². The van der Waals surface area contributed by atoms with Crippen LogP contribution >= 0.6 is 34.4 Å². The Balaban J connectivity index is 2.15. The number of hydrogen-bond acceptors (Lipinski definition) is 7. The van der Waals surface area contributed by atoms with E-state index >= 15 is 0 Å². The van der Waals surface area contributed by atoms with Crippen LogP contribution in [-0.2, 0) is 11.3 Å². The van der Waals surface area contributed by atoms with E-state index in [2.05, 4.69) is 48.1 Å². The molecule has 17 heavy (non-hydrogen) atoms. The molecular weight excluding hydrogens is 359 g/mol. The highest BCUT2D eigenvalue weighted by molar-refractivity contribution is 14.1. The molecule has 0 atom stereocenters. The predicted molar refractivity (Wildman–Crippen MR) is 64.3 cm³/mol. The fraction of sp³-hybridized carbons (Fsp3) is 0.143. The van der Waals surface area contributed by atoms with Crippen LogP contribution in [0.15, 0.2) is 22.7 Å². The van der Waals surface area contributed by atoms with Crippen LogP contribution in [0.2, 0.25) is 0 Å². The predicted octanol–water partition coefficient (Wildman–Crippen LogP) is 0.303.